The highest BCUT2D eigenvalue weighted by Gasteiger charge is 2.29. The van der Waals surface area contributed by atoms with Gasteiger partial charge in [0.05, 0.1) is 36.6 Å². The molecule has 0 unspecified atom stereocenters. The fourth-order valence-corrected chi connectivity index (χ4v) is 4.29. The molecule has 3 N–H and O–H groups in total. The maximum atomic E-state index is 14.5. The second-order valence-electron chi connectivity index (χ2n) is 9.07. The zero-order valence-electron chi connectivity index (χ0n) is 21.6. The average Bonchev–Trinajstić information content (AvgIpc) is 2.95. The molecule has 40 heavy (non-hydrogen) atoms. The predicted octanol–water partition coefficient (Wildman–Crippen LogP) is 3.80. The summed E-state index contributed by atoms with van der Waals surface area (Å²) < 4.78 is 71.2. The highest BCUT2D eigenvalue weighted by atomic mass is 35.5. The topological polar surface area (TPSA) is 85.9 Å². The van der Waals surface area contributed by atoms with E-state index in [-0.39, 0.29) is 18.7 Å². The molecule has 8 nitrogen and oxygen atoms in total. The molecule has 0 aromatic heterocycles. The van der Waals surface area contributed by atoms with Crippen LogP contribution in [-0.2, 0) is 16.1 Å². The SMILES string of the molecule is C1COCCN1.O=CNCc1ccc(C(=O)Nc2ccc(Cl)cc2N2CCN(CCC(F)(F)F)CC2)c(F)c1F. The van der Waals surface area contributed by atoms with Crippen molar-refractivity contribution in [2.24, 2.45) is 0 Å². The Morgan fingerprint density at radius 2 is 1.75 bits per heavy atom. The molecule has 220 valence electrons. The Labute approximate surface area is 233 Å². The minimum atomic E-state index is -4.22. The summed E-state index contributed by atoms with van der Waals surface area (Å²) in [7, 11) is 0. The molecule has 2 aliphatic heterocycles. The Balaban J connectivity index is 0.000000649. The lowest BCUT2D eigenvalue weighted by molar-refractivity contribution is -0.138. The van der Waals surface area contributed by atoms with Gasteiger partial charge in [0.1, 0.15) is 0 Å². The predicted molar refractivity (Wildman–Crippen MR) is 142 cm³/mol. The largest absolute Gasteiger partial charge is 0.390 e. The quantitative estimate of drug-likeness (QED) is 0.320. The molecule has 2 aromatic rings. The maximum Gasteiger partial charge on any atom is 0.390 e. The third-order valence-corrected chi connectivity index (χ3v) is 6.50. The number of ether oxygens (including phenoxy) is 1. The number of carbonyl (C=O) groups excluding carboxylic acids is 2. The molecular weight excluding hydrogens is 561 g/mol. The van der Waals surface area contributed by atoms with Gasteiger partial charge < -0.3 is 25.6 Å². The Hall–Kier alpha value is -3.00. The van der Waals surface area contributed by atoms with Gasteiger partial charge in [-0.1, -0.05) is 17.7 Å². The number of rotatable bonds is 8. The number of carbonyl (C=O) groups is 2. The molecule has 0 bridgehead atoms. The van der Waals surface area contributed by atoms with Gasteiger partial charge in [0.2, 0.25) is 6.41 Å². The van der Waals surface area contributed by atoms with Crippen molar-refractivity contribution in [3.8, 4) is 0 Å². The number of benzene rings is 2. The van der Waals surface area contributed by atoms with E-state index in [1.807, 2.05) is 4.90 Å². The van der Waals surface area contributed by atoms with Crippen LogP contribution in [0.2, 0.25) is 5.02 Å². The van der Waals surface area contributed by atoms with Crippen LogP contribution in [0.3, 0.4) is 0 Å². The van der Waals surface area contributed by atoms with Gasteiger partial charge in [0, 0.05) is 62.9 Å². The number of hydrogen-bond acceptors (Lipinski definition) is 6. The smallest absolute Gasteiger partial charge is 0.379 e. The normalized spacial score (nSPS) is 16.1. The number of morpholine rings is 1. The molecule has 0 spiro atoms. The van der Waals surface area contributed by atoms with Gasteiger partial charge in [-0.15, -0.1) is 0 Å². The van der Waals surface area contributed by atoms with Crippen LogP contribution in [-0.4, -0.2) is 82.4 Å². The van der Waals surface area contributed by atoms with Crippen LogP contribution in [0.15, 0.2) is 30.3 Å². The summed E-state index contributed by atoms with van der Waals surface area (Å²) in [5.41, 5.74) is 0.176. The number of alkyl halides is 3. The summed E-state index contributed by atoms with van der Waals surface area (Å²) >= 11 is 6.11. The number of hydrogen-bond donors (Lipinski definition) is 3. The van der Waals surface area contributed by atoms with Crippen molar-refractivity contribution in [2.45, 2.75) is 19.1 Å². The summed E-state index contributed by atoms with van der Waals surface area (Å²) in [5, 5.41) is 8.31. The van der Waals surface area contributed by atoms with Gasteiger partial charge in [0.25, 0.3) is 5.91 Å². The van der Waals surface area contributed by atoms with Gasteiger partial charge in [-0.3, -0.25) is 14.5 Å². The lowest BCUT2D eigenvalue weighted by Crippen LogP contribution is -2.47. The molecule has 2 heterocycles. The van der Waals surface area contributed by atoms with Gasteiger partial charge in [-0.05, 0) is 24.3 Å². The van der Waals surface area contributed by atoms with Crippen LogP contribution in [0.4, 0.5) is 33.3 Å². The van der Waals surface area contributed by atoms with Crippen molar-refractivity contribution in [2.75, 3.05) is 69.2 Å². The molecule has 0 atom stereocenters. The Morgan fingerprint density at radius 1 is 1.05 bits per heavy atom. The fraction of sp³-hybridized carbons (Fsp3) is 0.462. The maximum absolute atomic E-state index is 14.5. The minimum Gasteiger partial charge on any atom is -0.379 e. The van der Waals surface area contributed by atoms with Crippen LogP contribution in [0, 0.1) is 11.6 Å². The summed E-state index contributed by atoms with van der Waals surface area (Å²) in [6, 6.07) is 6.94. The molecule has 0 aliphatic carbocycles. The second-order valence-corrected chi connectivity index (χ2v) is 9.51. The van der Waals surface area contributed by atoms with E-state index in [0.29, 0.717) is 49.0 Å². The number of nitrogens with one attached hydrogen (secondary N) is 3. The molecule has 2 saturated heterocycles. The third-order valence-electron chi connectivity index (χ3n) is 6.26. The molecule has 2 aromatic carbocycles. The van der Waals surface area contributed by atoms with Crippen molar-refractivity contribution in [3.05, 3.63) is 58.1 Å². The monoisotopic (exact) mass is 591 g/mol. The van der Waals surface area contributed by atoms with Crippen molar-refractivity contribution in [3.63, 3.8) is 0 Å². The van der Waals surface area contributed by atoms with E-state index in [1.54, 1.807) is 11.0 Å². The highest BCUT2D eigenvalue weighted by Crippen LogP contribution is 2.31. The Bertz CT molecular complexity index is 1130. The second kappa shape index (κ2) is 15.1. The fourth-order valence-electron chi connectivity index (χ4n) is 4.13. The first-order valence-electron chi connectivity index (χ1n) is 12.7. The Morgan fingerprint density at radius 3 is 2.33 bits per heavy atom. The van der Waals surface area contributed by atoms with E-state index >= 15 is 0 Å². The lowest BCUT2D eigenvalue weighted by atomic mass is 10.1. The van der Waals surface area contributed by atoms with Gasteiger partial charge >= 0.3 is 6.18 Å². The number of halogens is 6. The first-order valence-corrected chi connectivity index (χ1v) is 13.0. The van der Waals surface area contributed by atoms with Crippen LogP contribution < -0.4 is 20.9 Å². The van der Waals surface area contributed by atoms with Gasteiger partial charge in [0.15, 0.2) is 11.6 Å². The van der Waals surface area contributed by atoms with Crippen molar-refractivity contribution < 1.29 is 36.3 Å². The average molecular weight is 592 g/mol. The lowest BCUT2D eigenvalue weighted by Gasteiger charge is -2.37. The molecule has 0 radical (unpaired) electrons. The Kier molecular flexibility index (Phi) is 11.9. The van der Waals surface area contributed by atoms with Crippen molar-refractivity contribution >= 4 is 35.3 Å². The minimum absolute atomic E-state index is 0.0975. The van der Waals surface area contributed by atoms with Crippen LogP contribution in [0.5, 0.6) is 0 Å². The van der Waals surface area contributed by atoms with E-state index in [4.69, 9.17) is 16.3 Å². The highest BCUT2D eigenvalue weighted by molar-refractivity contribution is 6.31. The number of anilines is 2. The first kappa shape index (κ1) is 31.5. The zero-order chi connectivity index (χ0) is 29.1. The van der Waals surface area contributed by atoms with E-state index in [2.05, 4.69) is 16.0 Å². The molecule has 2 aliphatic rings. The molecule has 2 fully saturated rings. The van der Waals surface area contributed by atoms with Crippen LogP contribution in [0.1, 0.15) is 22.3 Å². The van der Waals surface area contributed by atoms with Crippen LogP contribution >= 0.6 is 11.6 Å². The first-order chi connectivity index (χ1) is 19.1. The molecule has 2 amide bonds. The van der Waals surface area contributed by atoms with E-state index in [1.165, 1.54) is 18.2 Å². The van der Waals surface area contributed by atoms with Gasteiger partial charge in [-0.2, -0.15) is 13.2 Å². The molecule has 0 saturated carbocycles. The zero-order valence-corrected chi connectivity index (χ0v) is 22.4. The summed E-state index contributed by atoms with van der Waals surface area (Å²) in [5.74, 6) is -3.48. The van der Waals surface area contributed by atoms with E-state index < -0.39 is 35.7 Å². The number of nitrogens with zero attached hydrogens (tertiary/aromatic N) is 2. The van der Waals surface area contributed by atoms with E-state index in [0.717, 1.165) is 32.4 Å². The summed E-state index contributed by atoms with van der Waals surface area (Å²) in [6.07, 6.45) is -4.77. The van der Waals surface area contributed by atoms with Crippen LogP contribution in [0.25, 0.3) is 0 Å². The number of amides is 2. The van der Waals surface area contributed by atoms with Crippen molar-refractivity contribution in [1.29, 1.82) is 0 Å². The van der Waals surface area contributed by atoms with E-state index in [9.17, 15) is 31.5 Å². The molecule has 14 heteroatoms. The standard InChI is InChI=1S/C22H22ClF5N4O2.C4H9NO/c23-15-2-4-17(18(11-15)32-9-7-31(8-10-32)6-5-22(26,27)28)30-21(34)16-3-1-14(12-29-13-33)19(24)20(16)25;1-3-6-4-2-5-1/h1-4,11,13H,5-10,12H2,(H,29,33)(H,30,34);5H,1-4H2. The molecule has 4 rings (SSSR count). The van der Waals surface area contributed by atoms with Gasteiger partial charge in [-0.25, -0.2) is 8.78 Å². The number of piperazine rings is 1. The summed E-state index contributed by atoms with van der Waals surface area (Å²) in [4.78, 5) is 26.6. The summed E-state index contributed by atoms with van der Waals surface area (Å²) in [6.45, 7) is 5.05. The van der Waals surface area contributed by atoms with Crippen molar-refractivity contribution in [1.82, 2.24) is 15.5 Å². The molecular formula is C26H31ClF5N5O3. The third kappa shape index (κ3) is 9.58.